The molecule has 1 saturated carbocycles. The Morgan fingerprint density at radius 2 is 1.77 bits per heavy atom. The van der Waals surface area contributed by atoms with E-state index in [1.165, 1.54) is 19.3 Å². The van der Waals surface area contributed by atoms with Crippen molar-refractivity contribution in [1.82, 2.24) is 4.90 Å². The van der Waals surface area contributed by atoms with Crippen LogP contribution in [0.15, 0.2) is 0 Å². The number of hydrogen-bond acceptors (Lipinski definition) is 2. The molecule has 1 fully saturated rings. The monoisotopic (exact) mass is 185 g/mol. The lowest BCUT2D eigenvalue weighted by Crippen LogP contribution is -2.37. The lowest BCUT2D eigenvalue weighted by Gasteiger charge is -2.35. The smallest absolute Gasteiger partial charge is 0.0540 e. The van der Waals surface area contributed by atoms with Crippen molar-refractivity contribution in [3.05, 3.63) is 0 Å². The fourth-order valence-corrected chi connectivity index (χ4v) is 2.61. The molecule has 78 valence electrons. The highest BCUT2D eigenvalue weighted by molar-refractivity contribution is 4.80. The first-order chi connectivity index (χ1) is 6.15. The van der Waals surface area contributed by atoms with Crippen LogP contribution in [0.3, 0.4) is 0 Å². The summed E-state index contributed by atoms with van der Waals surface area (Å²) in [5, 5.41) is 9.41. The van der Waals surface area contributed by atoms with Crippen molar-refractivity contribution in [3.8, 4) is 0 Å². The summed E-state index contributed by atoms with van der Waals surface area (Å²) in [6.45, 7) is 2.26. The van der Waals surface area contributed by atoms with Crippen LogP contribution in [0.1, 0.15) is 39.0 Å². The van der Waals surface area contributed by atoms with Gasteiger partial charge < -0.3 is 10.0 Å². The molecule has 0 aliphatic heterocycles. The van der Waals surface area contributed by atoms with Gasteiger partial charge in [0.25, 0.3) is 0 Å². The molecule has 0 radical (unpaired) electrons. The molecule has 1 N–H and O–H groups in total. The fraction of sp³-hybridized carbons (Fsp3) is 1.00. The highest BCUT2D eigenvalue weighted by atomic mass is 16.3. The van der Waals surface area contributed by atoms with Crippen molar-refractivity contribution < 1.29 is 5.11 Å². The second kappa shape index (κ2) is 4.97. The van der Waals surface area contributed by atoms with Crippen LogP contribution < -0.4 is 0 Å². The molecule has 2 nitrogen and oxygen atoms in total. The molecule has 0 heterocycles. The summed E-state index contributed by atoms with van der Waals surface area (Å²) < 4.78 is 0. The van der Waals surface area contributed by atoms with Crippen LogP contribution in [0.2, 0.25) is 0 Å². The second-order valence-electron chi connectivity index (χ2n) is 4.51. The molecule has 0 aromatic rings. The standard InChI is InChI=1S/C11H23NO/c1-4-11(12(2)3)9-5-7-10(13)8-6-9/h9-11,13H,4-8H2,1-3H3. The summed E-state index contributed by atoms with van der Waals surface area (Å²) in [5.74, 6) is 0.809. The molecular weight excluding hydrogens is 162 g/mol. The third kappa shape index (κ3) is 2.96. The summed E-state index contributed by atoms with van der Waals surface area (Å²) >= 11 is 0. The maximum atomic E-state index is 9.41. The van der Waals surface area contributed by atoms with E-state index in [0.29, 0.717) is 6.04 Å². The second-order valence-corrected chi connectivity index (χ2v) is 4.51. The van der Waals surface area contributed by atoms with E-state index < -0.39 is 0 Å². The van der Waals surface area contributed by atoms with Crippen molar-refractivity contribution in [3.63, 3.8) is 0 Å². The van der Waals surface area contributed by atoms with Gasteiger partial charge in [-0.3, -0.25) is 0 Å². The molecule has 1 aliphatic rings. The van der Waals surface area contributed by atoms with E-state index in [1.54, 1.807) is 0 Å². The molecular formula is C11H23NO. The Bertz CT molecular complexity index is 139. The Balaban J connectivity index is 2.41. The van der Waals surface area contributed by atoms with Crippen LogP contribution in [0.25, 0.3) is 0 Å². The van der Waals surface area contributed by atoms with E-state index >= 15 is 0 Å². The molecule has 2 heteroatoms. The molecule has 0 aromatic heterocycles. The van der Waals surface area contributed by atoms with E-state index in [2.05, 4.69) is 25.9 Å². The van der Waals surface area contributed by atoms with E-state index in [1.807, 2.05) is 0 Å². The van der Waals surface area contributed by atoms with Crippen LogP contribution in [0.5, 0.6) is 0 Å². The first-order valence-corrected chi connectivity index (χ1v) is 5.49. The van der Waals surface area contributed by atoms with Crippen LogP contribution >= 0.6 is 0 Å². The molecule has 13 heavy (non-hydrogen) atoms. The first kappa shape index (κ1) is 11.0. The molecule has 0 saturated heterocycles. The highest BCUT2D eigenvalue weighted by Crippen LogP contribution is 2.29. The number of rotatable bonds is 3. The van der Waals surface area contributed by atoms with Gasteiger partial charge in [0.05, 0.1) is 6.10 Å². The predicted octanol–water partition coefficient (Wildman–Crippen LogP) is 1.88. The third-order valence-corrected chi connectivity index (χ3v) is 3.37. The topological polar surface area (TPSA) is 23.5 Å². The third-order valence-electron chi connectivity index (χ3n) is 3.37. The van der Waals surface area contributed by atoms with Crippen LogP contribution in [0.4, 0.5) is 0 Å². The van der Waals surface area contributed by atoms with Gasteiger partial charge in [-0.25, -0.2) is 0 Å². The number of aliphatic hydroxyl groups is 1. The van der Waals surface area contributed by atoms with Gasteiger partial charge in [0.2, 0.25) is 0 Å². The maximum absolute atomic E-state index is 9.41. The Hall–Kier alpha value is -0.0800. The van der Waals surface area contributed by atoms with Crippen molar-refractivity contribution in [2.24, 2.45) is 5.92 Å². The van der Waals surface area contributed by atoms with E-state index in [0.717, 1.165) is 18.8 Å². The minimum absolute atomic E-state index is 0.0177. The van der Waals surface area contributed by atoms with Gasteiger partial charge in [0, 0.05) is 6.04 Å². The first-order valence-electron chi connectivity index (χ1n) is 5.49. The average Bonchev–Trinajstić information content (AvgIpc) is 2.09. The van der Waals surface area contributed by atoms with Crippen LogP contribution in [0, 0.1) is 5.92 Å². The SMILES string of the molecule is CCC(C1CCC(O)CC1)N(C)C. The molecule has 1 unspecified atom stereocenters. The van der Waals surface area contributed by atoms with Gasteiger partial charge in [-0.1, -0.05) is 6.92 Å². The van der Waals surface area contributed by atoms with Gasteiger partial charge in [-0.05, 0) is 52.1 Å². The minimum atomic E-state index is -0.0177. The van der Waals surface area contributed by atoms with Crippen LogP contribution in [-0.4, -0.2) is 36.2 Å². The summed E-state index contributed by atoms with van der Waals surface area (Å²) in [7, 11) is 4.33. The zero-order valence-corrected chi connectivity index (χ0v) is 9.16. The van der Waals surface area contributed by atoms with Gasteiger partial charge in [0.15, 0.2) is 0 Å². The van der Waals surface area contributed by atoms with Crippen molar-refractivity contribution in [2.75, 3.05) is 14.1 Å². The van der Waals surface area contributed by atoms with Gasteiger partial charge >= 0.3 is 0 Å². The van der Waals surface area contributed by atoms with E-state index in [-0.39, 0.29) is 6.10 Å². The van der Waals surface area contributed by atoms with Gasteiger partial charge in [0.1, 0.15) is 0 Å². The molecule has 0 bridgehead atoms. The Kier molecular flexibility index (Phi) is 4.20. The molecule has 1 aliphatic carbocycles. The average molecular weight is 185 g/mol. The number of aliphatic hydroxyl groups excluding tert-OH is 1. The normalized spacial score (nSPS) is 32.1. The lowest BCUT2D eigenvalue weighted by atomic mass is 9.81. The van der Waals surface area contributed by atoms with Crippen molar-refractivity contribution in [2.45, 2.75) is 51.2 Å². The Morgan fingerprint density at radius 3 is 2.15 bits per heavy atom. The lowest BCUT2D eigenvalue weighted by molar-refractivity contribution is 0.0769. The number of nitrogens with zero attached hydrogens (tertiary/aromatic N) is 1. The zero-order valence-electron chi connectivity index (χ0n) is 9.16. The Labute approximate surface area is 81.9 Å². The molecule has 0 aromatic carbocycles. The summed E-state index contributed by atoms with van der Waals surface area (Å²) in [6.07, 6.45) is 5.64. The molecule has 1 rings (SSSR count). The minimum Gasteiger partial charge on any atom is -0.393 e. The predicted molar refractivity (Wildman–Crippen MR) is 55.7 cm³/mol. The molecule has 0 amide bonds. The molecule has 0 spiro atoms. The summed E-state index contributed by atoms with van der Waals surface area (Å²) in [5.41, 5.74) is 0. The highest BCUT2D eigenvalue weighted by Gasteiger charge is 2.26. The van der Waals surface area contributed by atoms with Gasteiger partial charge in [-0.2, -0.15) is 0 Å². The zero-order chi connectivity index (χ0) is 9.84. The van der Waals surface area contributed by atoms with Crippen LogP contribution in [-0.2, 0) is 0 Å². The summed E-state index contributed by atoms with van der Waals surface area (Å²) in [4.78, 5) is 2.34. The number of hydrogen-bond donors (Lipinski definition) is 1. The molecule has 1 atom stereocenters. The van der Waals surface area contributed by atoms with Crippen molar-refractivity contribution in [1.29, 1.82) is 0 Å². The maximum Gasteiger partial charge on any atom is 0.0540 e. The Morgan fingerprint density at radius 1 is 1.23 bits per heavy atom. The largest absolute Gasteiger partial charge is 0.393 e. The van der Waals surface area contributed by atoms with Gasteiger partial charge in [-0.15, -0.1) is 0 Å². The fourth-order valence-electron chi connectivity index (χ4n) is 2.61. The summed E-state index contributed by atoms with van der Waals surface area (Å²) in [6, 6.07) is 0.715. The quantitative estimate of drug-likeness (QED) is 0.725. The van der Waals surface area contributed by atoms with E-state index in [4.69, 9.17) is 0 Å². The van der Waals surface area contributed by atoms with E-state index in [9.17, 15) is 5.11 Å². The van der Waals surface area contributed by atoms with Crippen molar-refractivity contribution >= 4 is 0 Å².